The molecular formula is C17H18ClNO4S. The largest absolute Gasteiger partial charge is 0.457 e. The van der Waals surface area contributed by atoms with Gasteiger partial charge in [-0.05, 0) is 30.7 Å². The Morgan fingerprint density at radius 2 is 1.75 bits per heavy atom. The van der Waals surface area contributed by atoms with E-state index in [-0.39, 0.29) is 22.1 Å². The second-order valence-corrected chi connectivity index (χ2v) is 8.05. The zero-order valence-electron chi connectivity index (χ0n) is 13.6. The van der Waals surface area contributed by atoms with E-state index in [1.165, 1.54) is 32.3 Å². The van der Waals surface area contributed by atoms with Gasteiger partial charge in [-0.2, -0.15) is 0 Å². The van der Waals surface area contributed by atoms with Gasteiger partial charge < -0.3 is 4.74 Å². The average molecular weight is 368 g/mol. The first-order valence-corrected chi connectivity index (χ1v) is 8.98. The minimum Gasteiger partial charge on any atom is -0.457 e. The summed E-state index contributed by atoms with van der Waals surface area (Å²) in [6.07, 6.45) is 0. The molecule has 7 heteroatoms. The van der Waals surface area contributed by atoms with E-state index in [0.29, 0.717) is 0 Å². The molecule has 5 nitrogen and oxygen atoms in total. The van der Waals surface area contributed by atoms with Crippen LogP contribution in [0.4, 0.5) is 0 Å². The van der Waals surface area contributed by atoms with Crippen molar-refractivity contribution in [2.24, 2.45) is 0 Å². The van der Waals surface area contributed by atoms with Gasteiger partial charge in [0.25, 0.3) is 0 Å². The van der Waals surface area contributed by atoms with Crippen molar-refractivity contribution in [1.29, 1.82) is 0 Å². The highest BCUT2D eigenvalue weighted by Crippen LogP contribution is 2.23. The topological polar surface area (TPSA) is 63.7 Å². The van der Waals surface area contributed by atoms with E-state index < -0.39 is 16.0 Å². The fourth-order valence-electron chi connectivity index (χ4n) is 1.94. The summed E-state index contributed by atoms with van der Waals surface area (Å²) in [5.41, 5.74) is 1.96. The number of benzene rings is 2. The second-order valence-electron chi connectivity index (χ2n) is 5.49. The smallest absolute Gasteiger partial charge is 0.340 e. The van der Waals surface area contributed by atoms with Crippen molar-refractivity contribution in [2.75, 3.05) is 14.1 Å². The van der Waals surface area contributed by atoms with E-state index in [1.807, 2.05) is 31.2 Å². The van der Waals surface area contributed by atoms with Crippen LogP contribution in [0.2, 0.25) is 5.02 Å². The van der Waals surface area contributed by atoms with Crippen LogP contribution in [-0.2, 0) is 21.4 Å². The van der Waals surface area contributed by atoms with E-state index in [1.54, 1.807) is 0 Å². The van der Waals surface area contributed by atoms with Crippen molar-refractivity contribution in [3.05, 3.63) is 64.2 Å². The molecule has 2 aromatic carbocycles. The first kappa shape index (κ1) is 18.4. The normalized spacial score (nSPS) is 11.5. The first-order chi connectivity index (χ1) is 11.2. The van der Waals surface area contributed by atoms with E-state index >= 15 is 0 Å². The Labute approximate surface area is 146 Å². The number of nitrogens with zero attached hydrogens (tertiary/aromatic N) is 1. The molecule has 0 N–H and O–H groups in total. The lowest BCUT2D eigenvalue weighted by atomic mass is 10.2. The molecule has 0 heterocycles. The molecule has 0 aliphatic rings. The fourth-order valence-corrected chi connectivity index (χ4v) is 3.07. The van der Waals surface area contributed by atoms with Crippen LogP contribution in [0.3, 0.4) is 0 Å². The lowest BCUT2D eigenvalue weighted by molar-refractivity contribution is 0.0472. The SMILES string of the molecule is Cc1ccc(COC(=O)c2cc(S(=O)(=O)N(C)C)ccc2Cl)cc1. The summed E-state index contributed by atoms with van der Waals surface area (Å²) >= 11 is 6.01. The third-order valence-corrected chi connectivity index (χ3v) is 5.57. The van der Waals surface area contributed by atoms with Gasteiger partial charge in [-0.3, -0.25) is 0 Å². The lowest BCUT2D eigenvalue weighted by Gasteiger charge is -2.13. The molecule has 24 heavy (non-hydrogen) atoms. The van der Waals surface area contributed by atoms with Gasteiger partial charge in [0.1, 0.15) is 6.61 Å². The molecule has 2 rings (SSSR count). The Morgan fingerprint density at radius 3 is 2.33 bits per heavy atom. The number of sulfonamides is 1. The molecule has 0 atom stereocenters. The highest BCUT2D eigenvalue weighted by molar-refractivity contribution is 7.89. The van der Waals surface area contributed by atoms with E-state index in [0.717, 1.165) is 15.4 Å². The van der Waals surface area contributed by atoms with Crippen LogP contribution in [0.25, 0.3) is 0 Å². The van der Waals surface area contributed by atoms with Crippen LogP contribution in [-0.4, -0.2) is 32.8 Å². The maximum atomic E-state index is 12.2. The van der Waals surface area contributed by atoms with Crippen LogP contribution < -0.4 is 0 Å². The molecule has 0 radical (unpaired) electrons. The Hall–Kier alpha value is -1.89. The van der Waals surface area contributed by atoms with Crippen LogP contribution >= 0.6 is 11.6 Å². The van der Waals surface area contributed by atoms with Gasteiger partial charge in [0.15, 0.2) is 0 Å². The maximum Gasteiger partial charge on any atom is 0.340 e. The number of esters is 1. The summed E-state index contributed by atoms with van der Waals surface area (Å²) in [4.78, 5) is 12.2. The summed E-state index contributed by atoms with van der Waals surface area (Å²) in [6.45, 7) is 2.05. The van der Waals surface area contributed by atoms with Gasteiger partial charge >= 0.3 is 5.97 Å². The number of hydrogen-bond acceptors (Lipinski definition) is 4. The minimum absolute atomic E-state index is 0.0146. The molecule has 0 aliphatic carbocycles. The summed E-state index contributed by atoms with van der Waals surface area (Å²) in [5, 5.41) is 0.140. The van der Waals surface area contributed by atoms with Gasteiger partial charge in [-0.1, -0.05) is 41.4 Å². The van der Waals surface area contributed by atoms with Crippen molar-refractivity contribution < 1.29 is 17.9 Å². The van der Waals surface area contributed by atoms with Crippen LogP contribution in [0.1, 0.15) is 21.5 Å². The Kier molecular flexibility index (Phi) is 5.64. The van der Waals surface area contributed by atoms with Crippen LogP contribution in [0.5, 0.6) is 0 Å². The van der Waals surface area contributed by atoms with E-state index in [9.17, 15) is 13.2 Å². The van der Waals surface area contributed by atoms with Crippen molar-refractivity contribution in [1.82, 2.24) is 4.31 Å². The van der Waals surface area contributed by atoms with Crippen LogP contribution in [0.15, 0.2) is 47.4 Å². The molecule has 0 unspecified atom stereocenters. The molecule has 0 saturated heterocycles. The number of ether oxygens (including phenoxy) is 1. The van der Waals surface area contributed by atoms with Gasteiger partial charge in [0.2, 0.25) is 10.0 Å². The summed E-state index contributed by atoms with van der Waals surface area (Å²) < 4.78 is 30.6. The molecule has 0 amide bonds. The van der Waals surface area contributed by atoms with Crippen molar-refractivity contribution >= 4 is 27.6 Å². The second kappa shape index (κ2) is 7.34. The molecule has 0 aliphatic heterocycles. The van der Waals surface area contributed by atoms with Crippen molar-refractivity contribution in [3.63, 3.8) is 0 Å². The van der Waals surface area contributed by atoms with Crippen molar-refractivity contribution in [2.45, 2.75) is 18.4 Å². The highest BCUT2D eigenvalue weighted by Gasteiger charge is 2.21. The predicted octanol–water partition coefficient (Wildman–Crippen LogP) is 3.26. The molecular weight excluding hydrogens is 350 g/mol. The molecule has 0 saturated carbocycles. The molecule has 0 aromatic heterocycles. The molecule has 0 spiro atoms. The third kappa shape index (κ3) is 4.14. The number of halogens is 1. The van der Waals surface area contributed by atoms with E-state index in [4.69, 9.17) is 16.3 Å². The van der Waals surface area contributed by atoms with Crippen LogP contribution in [0, 0.1) is 6.92 Å². The van der Waals surface area contributed by atoms with Gasteiger partial charge in [0, 0.05) is 14.1 Å². The quantitative estimate of drug-likeness (QED) is 0.761. The van der Waals surface area contributed by atoms with E-state index in [2.05, 4.69) is 0 Å². The standard InChI is InChI=1S/C17H18ClNO4S/c1-12-4-6-13(7-5-12)11-23-17(20)15-10-14(8-9-16(15)18)24(21,22)19(2)3/h4-10H,11H2,1-3H3. The lowest BCUT2D eigenvalue weighted by Crippen LogP contribution is -2.22. The molecule has 2 aromatic rings. The Bertz CT molecular complexity index is 845. The van der Waals surface area contributed by atoms with Gasteiger partial charge in [0.05, 0.1) is 15.5 Å². The number of carbonyl (C=O) groups excluding carboxylic acids is 1. The number of rotatable bonds is 5. The van der Waals surface area contributed by atoms with Gasteiger partial charge in [-0.15, -0.1) is 0 Å². The zero-order valence-corrected chi connectivity index (χ0v) is 15.2. The Morgan fingerprint density at radius 1 is 1.12 bits per heavy atom. The fraction of sp³-hybridized carbons (Fsp3) is 0.235. The summed E-state index contributed by atoms with van der Waals surface area (Å²) in [6, 6.07) is 11.5. The third-order valence-electron chi connectivity index (χ3n) is 3.43. The average Bonchev–Trinajstić information content (AvgIpc) is 2.54. The first-order valence-electron chi connectivity index (χ1n) is 7.16. The summed E-state index contributed by atoms with van der Waals surface area (Å²) in [7, 11) is -0.823. The van der Waals surface area contributed by atoms with Gasteiger partial charge in [-0.25, -0.2) is 17.5 Å². The molecule has 0 bridgehead atoms. The highest BCUT2D eigenvalue weighted by atomic mass is 35.5. The van der Waals surface area contributed by atoms with Crippen molar-refractivity contribution in [3.8, 4) is 0 Å². The predicted molar refractivity (Wildman–Crippen MR) is 92.6 cm³/mol. The monoisotopic (exact) mass is 367 g/mol. The number of aryl methyl sites for hydroxylation is 1. The number of carbonyl (C=O) groups is 1. The Balaban J connectivity index is 2.21. The summed E-state index contributed by atoms with van der Waals surface area (Å²) in [5.74, 6) is -0.670. The zero-order chi connectivity index (χ0) is 17.9. The molecule has 128 valence electrons. The maximum absolute atomic E-state index is 12.2. The number of hydrogen-bond donors (Lipinski definition) is 0. The molecule has 0 fully saturated rings. The minimum atomic E-state index is -3.65.